The molecule has 18 N–H and O–H groups in total. The monoisotopic (exact) mass is 1870 g/mol. The predicted molar refractivity (Wildman–Crippen MR) is 587 cm³/mol. The number of hydrogen-bond donors (Lipinski definition) is 10. The van der Waals surface area contributed by atoms with Crippen molar-refractivity contribution in [2.24, 2.45) is 45.9 Å². The third kappa shape index (κ3) is 103. The van der Waals surface area contributed by atoms with Crippen LogP contribution in [-0.4, -0.2) is 223 Å². The first-order valence-corrected chi connectivity index (χ1v) is 59.6. The molecule has 0 heterocycles. The molecular weight excluding hydrogens is 1630 g/mol. The van der Waals surface area contributed by atoms with Gasteiger partial charge in [-0.3, -0.25) is 9.59 Å². The molecule has 792 valence electrons. The standard InChI is InChI=1S/C57H120N8O2.C57H124N8/c1-3-5-7-9-11-13-15-17-19-21-23-25-27-29-31-37-48-64(49-38-32-30-28-26-24-22-20-18-16-14-12-10-8-6-4-2)52-41-53-65(50-39-46-62-56(66)54(60)42-33-35-44-58)51-40-47-63-57(67)55(61)43-34-36-45-59;1-3-5-7-9-11-13-15-17-19-21-23-25-27-29-31-33-46-62(47-34-32-30-28-26-24-22-20-18-16-14-12-10-8-6-4-2)52-39-55-65(56-40-53-63(48-35-42-58)49-36-43-59)57-41-54-64(50-37-44-60)51-38-45-61/h54-55H,3-53,58-61H2,1-2H3,(H,62,66)(H,63,67);3-61H2,1-2H3. The van der Waals surface area contributed by atoms with Crippen LogP contribution in [0.4, 0.5) is 0 Å². The van der Waals surface area contributed by atoms with Crippen molar-refractivity contribution in [3.8, 4) is 0 Å². The second-order valence-corrected chi connectivity index (χ2v) is 41.3. The second-order valence-electron chi connectivity index (χ2n) is 41.3. The lowest BCUT2D eigenvalue weighted by Crippen LogP contribution is -2.42. The zero-order valence-electron chi connectivity index (χ0n) is 90.2. The van der Waals surface area contributed by atoms with Crippen molar-refractivity contribution in [3.63, 3.8) is 0 Å². The molecule has 2 atom stereocenters. The highest BCUT2D eigenvalue weighted by Crippen LogP contribution is 2.21. The summed E-state index contributed by atoms with van der Waals surface area (Å²) in [4.78, 5) is 41.4. The summed E-state index contributed by atoms with van der Waals surface area (Å²) >= 11 is 0. The van der Waals surface area contributed by atoms with Gasteiger partial charge in [-0.2, -0.15) is 0 Å². The van der Waals surface area contributed by atoms with Gasteiger partial charge < -0.3 is 85.9 Å². The molecule has 0 aromatic rings. The summed E-state index contributed by atoms with van der Waals surface area (Å²) in [6.45, 7) is 35.4. The molecule has 0 saturated heterocycles. The highest BCUT2D eigenvalue weighted by atomic mass is 16.2. The van der Waals surface area contributed by atoms with Crippen molar-refractivity contribution in [2.45, 2.75) is 553 Å². The number of hydrogen-bond acceptors (Lipinski definition) is 16. The van der Waals surface area contributed by atoms with E-state index in [0.717, 1.165) is 162 Å². The van der Waals surface area contributed by atoms with Crippen molar-refractivity contribution in [1.82, 2.24) is 40.0 Å². The molecule has 0 aliphatic heterocycles. The maximum absolute atomic E-state index is 12.6. The smallest absolute Gasteiger partial charge is 0.236 e. The van der Waals surface area contributed by atoms with Crippen LogP contribution in [0.15, 0.2) is 0 Å². The minimum Gasteiger partial charge on any atom is -0.355 e. The molecular formula is C114H244N16O2. The normalized spacial score (nSPS) is 12.4. The van der Waals surface area contributed by atoms with Gasteiger partial charge in [-0.25, -0.2) is 0 Å². The van der Waals surface area contributed by atoms with Gasteiger partial charge in [0.1, 0.15) is 0 Å². The van der Waals surface area contributed by atoms with E-state index in [0.29, 0.717) is 39.0 Å². The lowest BCUT2D eigenvalue weighted by atomic mass is 10.0. The first kappa shape index (κ1) is 132. The van der Waals surface area contributed by atoms with E-state index < -0.39 is 12.1 Å². The van der Waals surface area contributed by atoms with Gasteiger partial charge in [-0.05, 0) is 273 Å². The summed E-state index contributed by atoms with van der Waals surface area (Å²) in [5.41, 5.74) is 47.2. The maximum Gasteiger partial charge on any atom is 0.236 e. The van der Waals surface area contributed by atoms with Crippen molar-refractivity contribution < 1.29 is 9.59 Å². The quantitative estimate of drug-likeness (QED) is 0.0253. The van der Waals surface area contributed by atoms with Crippen molar-refractivity contribution in [1.29, 1.82) is 0 Å². The minimum atomic E-state index is -0.470. The molecule has 0 aliphatic rings. The van der Waals surface area contributed by atoms with Crippen LogP contribution in [0.3, 0.4) is 0 Å². The molecule has 2 amide bonds. The summed E-state index contributed by atoms with van der Waals surface area (Å²) in [6, 6.07) is -0.940. The molecule has 0 bridgehead atoms. The fourth-order valence-corrected chi connectivity index (χ4v) is 19.4. The highest BCUT2D eigenvalue weighted by Gasteiger charge is 2.18. The van der Waals surface area contributed by atoms with E-state index >= 15 is 0 Å². The molecule has 0 aromatic carbocycles. The van der Waals surface area contributed by atoms with Gasteiger partial charge in [0.25, 0.3) is 0 Å². The van der Waals surface area contributed by atoms with Gasteiger partial charge in [0.2, 0.25) is 11.8 Å². The number of carbonyl (C=O) groups is 2. The van der Waals surface area contributed by atoms with Gasteiger partial charge in [0.15, 0.2) is 0 Å². The van der Waals surface area contributed by atoms with E-state index in [1.807, 2.05) is 0 Å². The van der Waals surface area contributed by atoms with Crippen LogP contribution in [-0.2, 0) is 9.59 Å². The minimum absolute atomic E-state index is 0.0621. The molecule has 0 spiro atoms. The number of nitrogens with one attached hydrogen (secondary N) is 2. The molecule has 18 heteroatoms. The number of nitrogens with zero attached hydrogens (tertiary/aromatic N) is 6. The largest absolute Gasteiger partial charge is 0.355 e. The molecule has 0 radical (unpaired) electrons. The molecule has 2 unspecified atom stereocenters. The van der Waals surface area contributed by atoms with Gasteiger partial charge in [0, 0.05) is 13.1 Å². The van der Waals surface area contributed by atoms with Gasteiger partial charge in [-0.1, -0.05) is 426 Å². The first-order chi connectivity index (χ1) is 65.0. The van der Waals surface area contributed by atoms with Gasteiger partial charge >= 0.3 is 0 Å². The lowest BCUT2D eigenvalue weighted by Gasteiger charge is -2.29. The maximum atomic E-state index is 12.6. The number of unbranched alkanes of at least 4 members (excludes halogenated alkanes) is 62. The van der Waals surface area contributed by atoms with Crippen molar-refractivity contribution in [3.05, 3.63) is 0 Å². The van der Waals surface area contributed by atoms with E-state index in [2.05, 4.69) is 67.7 Å². The Morgan fingerprint density at radius 1 is 0.167 bits per heavy atom. The van der Waals surface area contributed by atoms with Crippen LogP contribution in [0, 0.1) is 0 Å². The van der Waals surface area contributed by atoms with Crippen LogP contribution in [0.25, 0.3) is 0 Å². The average Bonchev–Trinajstić information content (AvgIpc) is 0.952. The van der Waals surface area contributed by atoms with Crippen LogP contribution in [0.2, 0.25) is 0 Å². The van der Waals surface area contributed by atoms with E-state index in [1.165, 1.54) is 483 Å². The molecule has 0 fully saturated rings. The fraction of sp³-hybridized carbons (Fsp3) is 0.982. The third-order valence-electron chi connectivity index (χ3n) is 28.3. The summed E-state index contributed by atoms with van der Waals surface area (Å²) in [5.74, 6) is -0.124. The van der Waals surface area contributed by atoms with Gasteiger partial charge in [0.05, 0.1) is 12.1 Å². The number of rotatable bonds is 114. The Kier molecular flexibility index (Phi) is 115. The van der Waals surface area contributed by atoms with Crippen LogP contribution >= 0.6 is 0 Å². The molecule has 132 heavy (non-hydrogen) atoms. The number of amides is 2. The zero-order valence-corrected chi connectivity index (χ0v) is 90.2. The fourth-order valence-electron chi connectivity index (χ4n) is 19.4. The van der Waals surface area contributed by atoms with Crippen LogP contribution in [0.1, 0.15) is 541 Å². The van der Waals surface area contributed by atoms with Crippen molar-refractivity contribution >= 4 is 11.8 Å². The number of carbonyl (C=O) groups excluding carboxylic acids is 2. The molecule has 0 aliphatic carbocycles. The highest BCUT2D eigenvalue weighted by molar-refractivity contribution is 5.81. The van der Waals surface area contributed by atoms with Gasteiger partial charge in [-0.15, -0.1) is 0 Å². The zero-order chi connectivity index (χ0) is 96.1. The van der Waals surface area contributed by atoms with E-state index in [4.69, 9.17) is 45.9 Å². The average molecular weight is 1870 g/mol. The molecule has 18 nitrogen and oxygen atoms in total. The summed E-state index contributed by atoms with van der Waals surface area (Å²) in [6.07, 6.45) is 107. The summed E-state index contributed by atoms with van der Waals surface area (Å²) in [5, 5.41) is 6.14. The molecule has 0 saturated carbocycles. The lowest BCUT2D eigenvalue weighted by molar-refractivity contribution is -0.123. The molecule has 0 rings (SSSR count). The Hall–Kier alpha value is -1.62. The van der Waals surface area contributed by atoms with E-state index in [9.17, 15) is 9.59 Å². The Morgan fingerprint density at radius 2 is 0.295 bits per heavy atom. The van der Waals surface area contributed by atoms with E-state index in [1.54, 1.807) is 0 Å². The first-order valence-electron chi connectivity index (χ1n) is 59.6. The Morgan fingerprint density at radius 3 is 0.447 bits per heavy atom. The summed E-state index contributed by atoms with van der Waals surface area (Å²) < 4.78 is 0. The predicted octanol–water partition coefficient (Wildman–Crippen LogP) is 25.7. The Balaban J connectivity index is 0. The summed E-state index contributed by atoms with van der Waals surface area (Å²) in [7, 11) is 0. The van der Waals surface area contributed by atoms with Crippen LogP contribution in [0.5, 0.6) is 0 Å². The SMILES string of the molecule is CCCCCCCCCCCCCCCCCCN(CCCCCCCCCCCCCCCCCC)CCCN(CCCN(CCCN)CCCN)CCCN(CCCN)CCCN.CCCCCCCCCCCCCCCCCCN(CCCCCCCCCCCCCCCCCC)CCCN(CCCNC(=O)C(N)CCCCN)CCCNC(=O)C(N)CCCCN. The Bertz CT molecular complexity index is 1990. The number of nitrogens with two attached hydrogens (primary N) is 8. The van der Waals surface area contributed by atoms with Crippen molar-refractivity contribution in [2.75, 3.05) is 170 Å². The topological polar surface area (TPSA) is 286 Å². The Labute approximate surface area is 826 Å². The second kappa shape index (κ2) is 115. The molecule has 0 aromatic heterocycles. The van der Waals surface area contributed by atoms with Crippen LogP contribution < -0.4 is 56.5 Å². The van der Waals surface area contributed by atoms with E-state index in [-0.39, 0.29) is 11.8 Å². The third-order valence-corrected chi connectivity index (χ3v) is 28.3.